The molecule has 1 heterocycles. The van der Waals surface area contributed by atoms with Crippen LogP contribution in [0.25, 0.3) is 0 Å². The fourth-order valence-electron chi connectivity index (χ4n) is 3.30. The van der Waals surface area contributed by atoms with Gasteiger partial charge in [-0.25, -0.2) is 27.0 Å². The Kier molecular flexibility index (Phi) is 7.54. The molecule has 180 valence electrons. The zero-order valence-corrected chi connectivity index (χ0v) is 18.1. The molecule has 0 radical (unpaired) electrons. The van der Waals surface area contributed by atoms with Crippen LogP contribution >= 0.6 is 0 Å². The number of ether oxygens (including phenoxy) is 1. The smallest absolute Gasteiger partial charge is 0.335 e. The van der Waals surface area contributed by atoms with E-state index in [2.05, 4.69) is 10.4 Å². The van der Waals surface area contributed by atoms with E-state index in [0.717, 1.165) is 4.68 Å². The summed E-state index contributed by atoms with van der Waals surface area (Å²) in [6.45, 7) is 1.60. The van der Waals surface area contributed by atoms with Gasteiger partial charge in [0.25, 0.3) is 12.3 Å². The summed E-state index contributed by atoms with van der Waals surface area (Å²) in [6.07, 6.45) is -6.18. The normalized spacial score (nSPS) is 12.1. The SMILES string of the molecule is C[C@H](NC(=O)c1c(C(F)F)nn(C)c1Oc1cccc(CC(F)F)c1)c1ccc(C(=O)O)cc1. The molecule has 7 nitrogen and oxygen atoms in total. The maximum atomic E-state index is 13.7. The summed E-state index contributed by atoms with van der Waals surface area (Å²) >= 11 is 0. The van der Waals surface area contributed by atoms with Crippen molar-refractivity contribution in [3.63, 3.8) is 0 Å². The molecule has 1 atom stereocenters. The lowest BCUT2D eigenvalue weighted by atomic mass is 10.1. The van der Waals surface area contributed by atoms with Crippen molar-refractivity contribution in [2.24, 2.45) is 7.05 Å². The van der Waals surface area contributed by atoms with E-state index in [0.29, 0.717) is 5.56 Å². The third-order valence-electron chi connectivity index (χ3n) is 4.96. The van der Waals surface area contributed by atoms with Crippen molar-refractivity contribution in [2.75, 3.05) is 0 Å². The van der Waals surface area contributed by atoms with Crippen LogP contribution in [0.1, 0.15) is 56.9 Å². The molecule has 0 spiro atoms. The summed E-state index contributed by atoms with van der Waals surface area (Å²) in [5.74, 6) is -2.21. The van der Waals surface area contributed by atoms with Gasteiger partial charge in [-0.05, 0) is 42.3 Å². The van der Waals surface area contributed by atoms with E-state index >= 15 is 0 Å². The number of aromatic carboxylic acids is 1. The Hall–Kier alpha value is -3.89. The number of amides is 1. The summed E-state index contributed by atoms with van der Waals surface area (Å²) in [5, 5.41) is 15.3. The minimum atomic E-state index is -3.08. The molecule has 1 amide bonds. The summed E-state index contributed by atoms with van der Waals surface area (Å²) < 4.78 is 59.3. The first-order valence-electron chi connectivity index (χ1n) is 10.1. The fourth-order valence-corrected chi connectivity index (χ4v) is 3.30. The van der Waals surface area contributed by atoms with Gasteiger partial charge in [-0.15, -0.1) is 0 Å². The molecule has 3 rings (SSSR count). The molecule has 3 aromatic rings. The molecule has 2 aromatic carbocycles. The largest absolute Gasteiger partial charge is 0.478 e. The van der Waals surface area contributed by atoms with E-state index in [1.807, 2.05) is 0 Å². The third kappa shape index (κ3) is 5.72. The van der Waals surface area contributed by atoms with Gasteiger partial charge in [0, 0.05) is 13.5 Å². The molecule has 34 heavy (non-hydrogen) atoms. The Morgan fingerprint density at radius 3 is 2.38 bits per heavy atom. The lowest BCUT2D eigenvalue weighted by Crippen LogP contribution is -2.27. The van der Waals surface area contributed by atoms with Crippen molar-refractivity contribution < 1.29 is 37.0 Å². The number of hydrogen-bond acceptors (Lipinski definition) is 4. The number of aromatic nitrogens is 2. The summed E-state index contributed by atoms with van der Waals surface area (Å²) in [7, 11) is 1.31. The number of hydrogen-bond donors (Lipinski definition) is 2. The summed E-state index contributed by atoms with van der Waals surface area (Å²) in [5.41, 5.74) is -0.423. The van der Waals surface area contributed by atoms with Gasteiger partial charge in [-0.2, -0.15) is 5.10 Å². The highest BCUT2D eigenvalue weighted by atomic mass is 19.3. The zero-order valence-electron chi connectivity index (χ0n) is 18.1. The molecule has 2 N–H and O–H groups in total. The topological polar surface area (TPSA) is 93.5 Å². The van der Waals surface area contributed by atoms with Gasteiger partial charge in [0.05, 0.1) is 11.6 Å². The Balaban J connectivity index is 1.89. The van der Waals surface area contributed by atoms with E-state index in [1.165, 1.54) is 55.6 Å². The van der Waals surface area contributed by atoms with E-state index in [-0.39, 0.29) is 22.8 Å². The minimum absolute atomic E-state index is 0.0549. The number of nitrogens with one attached hydrogen (secondary N) is 1. The standard InChI is InChI=1S/C23H21F4N3O4/c1-12(14-6-8-15(9-7-14)23(32)33)28-21(31)18-19(20(26)27)29-30(2)22(18)34-16-5-3-4-13(10-16)11-17(24)25/h3-10,12,17,20H,11H2,1-2H3,(H,28,31)(H,32,33)/t12-/m0/s1. The van der Waals surface area contributed by atoms with Gasteiger partial charge in [-0.3, -0.25) is 4.79 Å². The monoisotopic (exact) mass is 479 g/mol. The molecular weight excluding hydrogens is 458 g/mol. The van der Waals surface area contributed by atoms with Gasteiger partial charge in [0.1, 0.15) is 17.0 Å². The fraction of sp³-hybridized carbons (Fsp3) is 0.261. The zero-order chi connectivity index (χ0) is 25.0. The number of carbonyl (C=O) groups is 2. The molecule has 1 aromatic heterocycles. The number of nitrogens with zero attached hydrogens (tertiary/aromatic N) is 2. The highest BCUT2D eigenvalue weighted by Crippen LogP contribution is 2.33. The molecule has 0 fully saturated rings. The summed E-state index contributed by atoms with van der Waals surface area (Å²) in [6, 6.07) is 10.8. The second kappa shape index (κ2) is 10.4. The molecule has 0 aliphatic carbocycles. The van der Waals surface area contributed by atoms with Gasteiger partial charge >= 0.3 is 5.97 Å². The molecule has 11 heteroatoms. The van der Waals surface area contributed by atoms with Crippen LogP contribution in [0.4, 0.5) is 17.6 Å². The van der Waals surface area contributed by atoms with Gasteiger partial charge in [0.15, 0.2) is 0 Å². The first-order chi connectivity index (χ1) is 16.1. The number of rotatable bonds is 9. The van der Waals surface area contributed by atoms with E-state index in [9.17, 15) is 27.2 Å². The van der Waals surface area contributed by atoms with E-state index < -0.39 is 48.4 Å². The maximum Gasteiger partial charge on any atom is 0.335 e. The second-order valence-electron chi connectivity index (χ2n) is 7.46. The molecule has 0 saturated carbocycles. The Bertz CT molecular complexity index is 1180. The van der Waals surface area contributed by atoms with Crippen LogP contribution in [-0.2, 0) is 13.5 Å². The third-order valence-corrected chi connectivity index (χ3v) is 4.96. The van der Waals surface area contributed by atoms with Crippen LogP contribution in [0.5, 0.6) is 11.6 Å². The van der Waals surface area contributed by atoms with Crippen LogP contribution in [0.15, 0.2) is 48.5 Å². The first-order valence-corrected chi connectivity index (χ1v) is 10.1. The van der Waals surface area contributed by atoms with Crippen molar-refractivity contribution in [2.45, 2.75) is 32.2 Å². The molecule has 0 saturated heterocycles. The number of carbonyl (C=O) groups excluding carboxylic acids is 1. The second-order valence-corrected chi connectivity index (χ2v) is 7.46. The van der Waals surface area contributed by atoms with Crippen molar-refractivity contribution in [3.05, 3.63) is 76.5 Å². The first kappa shape index (κ1) is 24.7. The molecule has 0 bridgehead atoms. The molecule has 0 aliphatic rings. The van der Waals surface area contributed by atoms with Gasteiger partial charge in [-0.1, -0.05) is 24.3 Å². The van der Waals surface area contributed by atoms with Crippen LogP contribution in [0, 0.1) is 0 Å². The predicted molar refractivity (Wildman–Crippen MR) is 114 cm³/mol. The van der Waals surface area contributed by atoms with Gasteiger partial charge in [0.2, 0.25) is 12.3 Å². The minimum Gasteiger partial charge on any atom is -0.478 e. The highest BCUT2D eigenvalue weighted by molar-refractivity contribution is 5.98. The van der Waals surface area contributed by atoms with Crippen LogP contribution in [0.3, 0.4) is 0 Å². The Morgan fingerprint density at radius 1 is 1.12 bits per heavy atom. The van der Waals surface area contributed by atoms with Crippen molar-refractivity contribution >= 4 is 11.9 Å². The quantitative estimate of drug-likeness (QED) is 0.414. The maximum absolute atomic E-state index is 13.7. The number of carboxylic acid groups (broad SMARTS) is 1. The Morgan fingerprint density at radius 2 is 1.79 bits per heavy atom. The lowest BCUT2D eigenvalue weighted by molar-refractivity contribution is 0.0696. The Labute approximate surface area is 192 Å². The van der Waals surface area contributed by atoms with Crippen LogP contribution < -0.4 is 10.1 Å². The number of halogens is 4. The number of alkyl halides is 4. The number of benzene rings is 2. The molecular formula is C23H21F4N3O4. The van der Waals surface area contributed by atoms with Crippen molar-refractivity contribution in [1.82, 2.24) is 15.1 Å². The van der Waals surface area contributed by atoms with Gasteiger partial charge < -0.3 is 15.2 Å². The van der Waals surface area contributed by atoms with Crippen LogP contribution in [0.2, 0.25) is 0 Å². The number of aryl methyl sites for hydroxylation is 1. The average Bonchev–Trinajstić information content (AvgIpc) is 3.10. The van der Waals surface area contributed by atoms with Crippen molar-refractivity contribution in [3.8, 4) is 11.6 Å². The predicted octanol–water partition coefficient (Wildman–Crippen LogP) is 5.15. The summed E-state index contributed by atoms with van der Waals surface area (Å²) in [4.78, 5) is 24.0. The van der Waals surface area contributed by atoms with Crippen LogP contribution in [-0.4, -0.2) is 33.2 Å². The van der Waals surface area contributed by atoms with E-state index in [4.69, 9.17) is 9.84 Å². The lowest BCUT2D eigenvalue weighted by Gasteiger charge is -2.16. The van der Waals surface area contributed by atoms with Crippen molar-refractivity contribution in [1.29, 1.82) is 0 Å². The average molecular weight is 479 g/mol. The molecule has 0 aliphatic heterocycles. The molecule has 0 unspecified atom stereocenters. The number of carboxylic acids is 1. The highest BCUT2D eigenvalue weighted by Gasteiger charge is 2.30. The van der Waals surface area contributed by atoms with E-state index in [1.54, 1.807) is 6.92 Å².